The Morgan fingerprint density at radius 1 is 1.38 bits per heavy atom. The van der Waals surface area contributed by atoms with Crippen molar-refractivity contribution in [1.29, 1.82) is 0 Å². The normalized spacial score (nSPS) is 12.5. The standard InChI is InChI=1S/C14H19NO3S3/c1-10(2)15(8-12-5-4-6-19-12)21(17,18)14-7-11(3)13(9-16)20-14/h4-7,10,16H,8-9H2,1-3H3. The first-order valence-electron chi connectivity index (χ1n) is 6.60. The molecule has 116 valence electrons. The molecule has 7 heteroatoms. The van der Waals surface area contributed by atoms with Crippen molar-refractivity contribution < 1.29 is 13.5 Å². The molecule has 0 aliphatic carbocycles. The monoisotopic (exact) mass is 345 g/mol. The van der Waals surface area contributed by atoms with Crippen molar-refractivity contribution in [3.8, 4) is 0 Å². The predicted octanol–water partition coefficient (Wildman–Crippen LogP) is 3.21. The van der Waals surface area contributed by atoms with Crippen LogP contribution in [-0.2, 0) is 23.2 Å². The van der Waals surface area contributed by atoms with Gasteiger partial charge in [0.15, 0.2) is 0 Å². The van der Waals surface area contributed by atoms with Crippen LogP contribution in [0.25, 0.3) is 0 Å². The average molecular weight is 346 g/mol. The van der Waals surface area contributed by atoms with Crippen molar-refractivity contribution in [3.63, 3.8) is 0 Å². The van der Waals surface area contributed by atoms with Crippen LogP contribution >= 0.6 is 22.7 Å². The van der Waals surface area contributed by atoms with Crippen molar-refractivity contribution in [1.82, 2.24) is 4.31 Å². The van der Waals surface area contributed by atoms with E-state index in [0.717, 1.165) is 21.8 Å². The molecule has 0 fully saturated rings. The summed E-state index contributed by atoms with van der Waals surface area (Å²) in [4.78, 5) is 1.72. The minimum Gasteiger partial charge on any atom is -0.391 e. The highest BCUT2D eigenvalue weighted by Crippen LogP contribution is 2.30. The Bertz CT molecular complexity index is 687. The highest BCUT2D eigenvalue weighted by molar-refractivity contribution is 7.91. The Balaban J connectivity index is 2.37. The molecule has 2 rings (SSSR count). The van der Waals surface area contributed by atoms with Crippen molar-refractivity contribution in [2.75, 3.05) is 0 Å². The van der Waals surface area contributed by atoms with E-state index < -0.39 is 10.0 Å². The van der Waals surface area contributed by atoms with E-state index >= 15 is 0 Å². The number of nitrogens with zero attached hydrogens (tertiary/aromatic N) is 1. The summed E-state index contributed by atoms with van der Waals surface area (Å²) < 4.78 is 27.5. The third-order valence-electron chi connectivity index (χ3n) is 3.17. The van der Waals surface area contributed by atoms with Crippen LogP contribution in [0.4, 0.5) is 0 Å². The number of aryl methyl sites for hydroxylation is 1. The summed E-state index contributed by atoms with van der Waals surface area (Å²) in [6.45, 7) is 5.82. The van der Waals surface area contributed by atoms with Crippen molar-refractivity contribution in [2.24, 2.45) is 0 Å². The maximum atomic E-state index is 12.8. The fourth-order valence-corrected chi connectivity index (χ4v) is 5.97. The highest BCUT2D eigenvalue weighted by atomic mass is 32.2. The van der Waals surface area contributed by atoms with Gasteiger partial charge < -0.3 is 5.11 Å². The zero-order valence-corrected chi connectivity index (χ0v) is 14.7. The van der Waals surface area contributed by atoms with E-state index in [1.54, 1.807) is 17.4 Å². The molecule has 0 aliphatic heterocycles. The Morgan fingerprint density at radius 2 is 2.10 bits per heavy atom. The molecule has 2 aromatic heterocycles. The number of hydrogen-bond acceptors (Lipinski definition) is 5. The van der Waals surface area contributed by atoms with E-state index in [1.807, 2.05) is 38.3 Å². The van der Waals surface area contributed by atoms with Crippen LogP contribution in [0.5, 0.6) is 0 Å². The van der Waals surface area contributed by atoms with Gasteiger partial charge in [0.1, 0.15) is 4.21 Å². The molecule has 4 nitrogen and oxygen atoms in total. The van der Waals surface area contributed by atoms with Gasteiger partial charge in [-0.1, -0.05) is 6.07 Å². The lowest BCUT2D eigenvalue weighted by Crippen LogP contribution is -2.35. The molecule has 0 unspecified atom stereocenters. The molecule has 21 heavy (non-hydrogen) atoms. The lowest BCUT2D eigenvalue weighted by molar-refractivity contribution is 0.285. The van der Waals surface area contributed by atoms with Gasteiger partial charge in [0, 0.05) is 22.3 Å². The van der Waals surface area contributed by atoms with Gasteiger partial charge in [-0.3, -0.25) is 0 Å². The number of thiophene rings is 2. The van der Waals surface area contributed by atoms with Crippen LogP contribution in [0.2, 0.25) is 0 Å². The summed E-state index contributed by atoms with van der Waals surface area (Å²) in [6.07, 6.45) is 0. The topological polar surface area (TPSA) is 57.6 Å². The second-order valence-corrected chi connectivity index (χ2v) is 9.34. The quantitative estimate of drug-likeness (QED) is 0.874. The van der Waals surface area contributed by atoms with Gasteiger partial charge in [-0.05, 0) is 43.8 Å². The number of rotatable bonds is 6. The van der Waals surface area contributed by atoms with E-state index in [-0.39, 0.29) is 12.6 Å². The Labute approximate surface area is 133 Å². The third kappa shape index (κ3) is 3.54. The van der Waals surface area contributed by atoms with Gasteiger partial charge in [0.2, 0.25) is 0 Å². The van der Waals surface area contributed by atoms with Gasteiger partial charge in [-0.15, -0.1) is 22.7 Å². The molecule has 0 amide bonds. The lowest BCUT2D eigenvalue weighted by atomic mass is 10.3. The van der Waals surface area contributed by atoms with Crippen LogP contribution in [0.3, 0.4) is 0 Å². The molecule has 0 aliphatic rings. The molecule has 0 aromatic carbocycles. The Morgan fingerprint density at radius 3 is 2.57 bits per heavy atom. The summed E-state index contributed by atoms with van der Waals surface area (Å²) in [5, 5.41) is 11.2. The second kappa shape index (κ2) is 6.58. The van der Waals surface area contributed by atoms with E-state index in [0.29, 0.717) is 15.6 Å². The molecular formula is C14H19NO3S3. The van der Waals surface area contributed by atoms with Crippen molar-refractivity contribution >= 4 is 32.7 Å². The lowest BCUT2D eigenvalue weighted by Gasteiger charge is -2.24. The van der Waals surface area contributed by atoms with Crippen LogP contribution in [-0.4, -0.2) is 23.9 Å². The summed E-state index contributed by atoms with van der Waals surface area (Å²) in [5.74, 6) is 0. The summed E-state index contributed by atoms with van der Waals surface area (Å²) >= 11 is 2.70. The highest BCUT2D eigenvalue weighted by Gasteiger charge is 2.29. The molecule has 0 radical (unpaired) electrons. The number of aliphatic hydroxyl groups excluding tert-OH is 1. The average Bonchev–Trinajstić information content (AvgIpc) is 3.04. The van der Waals surface area contributed by atoms with Crippen LogP contribution in [0.15, 0.2) is 27.8 Å². The number of aliphatic hydroxyl groups is 1. The molecule has 0 atom stereocenters. The summed E-state index contributed by atoms with van der Waals surface area (Å²) in [5.41, 5.74) is 0.820. The smallest absolute Gasteiger partial charge is 0.253 e. The predicted molar refractivity (Wildman–Crippen MR) is 87.2 cm³/mol. The summed E-state index contributed by atoms with van der Waals surface area (Å²) in [6, 6.07) is 5.38. The van der Waals surface area contributed by atoms with Crippen LogP contribution < -0.4 is 0 Å². The van der Waals surface area contributed by atoms with Gasteiger partial charge >= 0.3 is 0 Å². The van der Waals surface area contributed by atoms with E-state index in [9.17, 15) is 13.5 Å². The molecule has 0 saturated heterocycles. The third-order valence-corrected chi connectivity index (χ3v) is 7.73. The van der Waals surface area contributed by atoms with E-state index in [2.05, 4.69) is 0 Å². The fraction of sp³-hybridized carbons (Fsp3) is 0.429. The second-order valence-electron chi connectivity index (χ2n) is 5.05. The molecule has 1 N–H and O–H groups in total. The van der Waals surface area contributed by atoms with Gasteiger partial charge in [-0.25, -0.2) is 8.42 Å². The zero-order valence-electron chi connectivity index (χ0n) is 12.2. The fourth-order valence-electron chi connectivity index (χ4n) is 1.99. The van der Waals surface area contributed by atoms with Crippen molar-refractivity contribution in [3.05, 3.63) is 38.9 Å². The van der Waals surface area contributed by atoms with Gasteiger partial charge in [-0.2, -0.15) is 4.31 Å². The molecule has 2 aromatic rings. The molecule has 0 saturated carbocycles. The number of hydrogen-bond donors (Lipinski definition) is 1. The van der Waals surface area contributed by atoms with Crippen LogP contribution in [0.1, 0.15) is 29.2 Å². The first-order chi connectivity index (χ1) is 9.86. The maximum Gasteiger partial charge on any atom is 0.253 e. The number of sulfonamides is 1. The van der Waals surface area contributed by atoms with Gasteiger partial charge in [0.05, 0.1) is 6.61 Å². The zero-order chi connectivity index (χ0) is 15.6. The largest absolute Gasteiger partial charge is 0.391 e. The van der Waals surface area contributed by atoms with E-state index in [1.165, 1.54) is 4.31 Å². The molecule has 0 spiro atoms. The first kappa shape index (κ1) is 16.6. The SMILES string of the molecule is Cc1cc(S(=O)(=O)N(Cc2cccs2)C(C)C)sc1CO. The first-order valence-corrected chi connectivity index (χ1v) is 9.74. The molecular weight excluding hydrogens is 326 g/mol. The van der Waals surface area contributed by atoms with Crippen LogP contribution in [0, 0.1) is 6.92 Å². The molecule has 0 bridgehead atoms. The van der Waals surface area contributed by atoms with E-state index in [4.69, 9.17) is 0 Å². The Kier molecular flexibility index (Phi) is 5.21. The maximum absolute atomic E-state index is 12.8. The van der Waals surface area contributed by atoms with Gasteiger partial charge in [0.25, 0.3) is 10.0 Å². The minimum absolute atomic E-state index is 0.126. The molecule has 2 heterocycles. The Hall–Kier alpha value is -0.730. The summed E-state index contributed by atoms with van der Waals surface area (Å²) in [7, 11) is -3.54. The van der Waals surface area contributed by atoms with Crippen molar-refractivity contribution in [2.45, 2.75) is 44.2 Å². The minimum atomic E-state index is -3.54.